The molecule has 11 heavy (non-hydrogen) atoms. The molecule has 54 valence electrons. The number of rotatable bonds is 1. The third kappa shape index (κ3) is 1.12. The third-order valence-electron chi connectivity index (χ3n) is 1.46. The summed E-state index contributed by atoms with van der Waals surface area (Å²) in [5, 5.41) is 0. The van der Waals surface area contributed by atoms with E-state index in [9.17, 15) is 0 Å². The molecule has 0 fully saturated rings. The normalized spacial score (nSPS) is 9.82. The molecule has 0 saturated heterocycles. The van der Waals surface area contributed by atoms with Gasteiger partial charge in [-0.25, -0.2) is 4.98 Å². The van der Waals surface area contributed by atoms with Crippen LogP contribution < -0.4 is 4.68 Å². The molecule has 0 radical (unpaired) electrons. The Kier molecular flexibility index (Phi) is 1.41. The van der Waals surface area contributed by atoms with Gasteiger partial charge in [0.2, 0.25) is 12.4 Å². The first-order valence-corrected chi connectivity index (χ1v) is 3.42. The number of pyridine rings is 1. The fourth-order valence-electron chi connectivity index (χ4n) is 0.932. The molecule has 0 N–H and O–H groups in total. The van der Waals surface area contributed by atoms with Crippen molar-refractivity contribution in [2.24, 2.45) is 0 Å². The minimum Gasteiger partial charge on any atom is -0.239 e. The molecule has 0 unspecified atom stereocenters. The lowest BCUT2D eigenvalue weighted by Crippen LogP contribution is -2.39. The molecular weight excluding hydrogens is 138 g/mol. The van der Waals surface area contributed by atoms with Crippen molar-refractivity contribution in [3.63, 3.8) is 0 Å². The van der Waals surface area contributed by atoms with Crippen molar-refractivity contribution in [2.75, 3.05) is 0 Å². The van der Waals surface area contributed by atoms with Gasteiger partial charge in [0.25, 0.3) is 0 Å². The predicted octanol–water partition coefficient (Wildman–Crippen LogP) is 0.482. The van der Waals surface area contributed by atoms with Crippen LogP contribution in [0.15, 0.2) is 49.3 Å². The summed E-state index contributed by atoms with van der Waals surface area (Å²) in [4.78, 5) is 3.94. The molecule has 2 rings (SSSR count). The number of imidazole rings is 1. The highest BCUT2D eigenvalue weighted by Gasteiger charge is 1.96. The predicted molar refractivity (Wildman–Crippen MR) is 39.7 cm³/mol. The first-order valence-electron chi connectivity index (χ1n) is 3.42. The molecule has 0 aromatic carbocycles. The zero-order chi connectivity index (χ0) is 7.52. The molecule has 0 aliphatic heterocycles. The number of hydrogen-bond acceptors (Lipinski definition) is 1. The summed E-state index contributed by atoms with van der Waals surface area (Å²) in [6.45, 7) is 0. The summed E-state index contributed by atoms with van der Waals surface area (Å²) in [6.07, 6.45) is 9.31. The molecule has 3 heteroatoms. The first kappa shape index (κ1) is 6.09. The quantitative estimate of drug-likeness (QED) is 0.536. The van der Waals surface area contributed by atoms with Gasteiger partial charge in [-0.3, -0.25) is 0 Å². The van der Waals surface area contributed by atoms with Gasteiger partial charge in [0.1, 0.15) is 0 Å². The number of aromatic nitrogens is 3. The van der Waals surface area contributed by atoms with E-state index in [1.54, 1.807) is 12.5 Å². The standard InChI is InChI=1S/C8H8N3/c1-2-5-10(6-3-1)11-7-4-9-8-11/h1-8H/q+1. The van der Waals surface area contributed by atoms with Crippen molar-refractivity contribution in [2.45, 2.75) is 0 Å². The zero-order valence-corrected chi connectivity index (χ0v) is 5.96. The van der Waals surface area contributed by atoms with Crippen molar-refractivity contribution in [1.82, 2.24) is 9.66 Å². The van der Waals surface area contributed by atoms with E-state index in [0.717, 1.165) is 0 Å². The molecular formula is C8H8N3+. The molecule has 0 amide bonds. The summed E-state index contributed by atoms with van der Waals surface area (Å²) >= 11 is 0. The van der Waals surface area contributed by atoms with E-state index in [1.807, 2.05) is 46.1 Å². The van der Waals surface area contributed by atoms with Crippen LogP contribution in [-0.4, -0.2) is 9.66 Å². The first-order chi connectivity index (χ1) is 5.47. The van der Waals surface area contributed by atoms with E-state index >= 15 is 0 Å². The van der Waals surface area contributed by atoms with Crippen LogP contribution >= 0.6 is 0 Å². The van der Waals surface area contributed by atoms with Crippen LogP contribution in [0.1, 0.15) is 0 Å². The van der Waals surface area contributed by atoms with E-state index in [1.165, 1.54) is 0 Å². The Bertz CT molecular complexity index is 312. The van der Waals surface area contributed by atoms with Crippen molar-refractivity contribution in [1.29, 1.82) is 0 Å². The minimum atomic E-state index is 1.75. The summed E-state index contributed by atoms with van der Waals surface area (Å²) in [6, 6.07) is 5.92. The molecule has 3 nitrogen and oxygen atoms in total. The van der Waals surface area contributed by atoms with Gasteiger partial charge < -0.3 is 0 Å². The average Bonchev–Trinajstić information content (AvgIpc) is 2.58. The smallest absolute Gasteiger partial charge is 0.200 e. The lowest BCUT2D eigenvalue weighted by molar-refractivity contribution is -0.727. The largest absolute Gasteiger partial charge is 0.239 e. The van der Waals surface area contributed by atoms with Crippen LogP contribution in [0.4, 0.5) is 0 Å². The van der Waals surface area contributed by atoms with Crippen LogP contribution in [0.25, 0.3) is 0 Å². The Labute approximate surface area is 64.5 Å². The summed E-state index contributed by atoms with van der Waals surface area (Å²) in [5.74, 6) is 0. The van der Waals surface area contributed by atoms with E-state index in [2.05, 4.69) is 4.98 Å². The van der Waals surface area contributed by atoms with Crippen LogP contribution in [0, 0.1) is 0 Å². The van der Waals surface area contributed by atoms with Gasteiger partial charge in [-0.05, 0) is 0 Å². The summed E-state index contributed by atoms with van der Waals surface area (Å²) < 4.78 is 3.83. The fraction of sp³-hybridized carbons (Fsp3) is 0. The van der Waals surface area contributed by atoms with Crippen molar-refractivity contribution in [3.8, 4) is 0 Å². The second-order valence-corrected chi connectivity index (χ2v) is 2.20. The maximum Gasteiger partial charge on any atom is 0.200 e. The van der Waals surface area contributed by atoms with Gasteiger partial charge in [-0.15, -0.1) is 4.68 Å². The monoisotopic (exact) mass is 146 g/mol. The summed E-state index contributed by atoms with van der Waals surface area (Å²) in [7, 11) is 0. The van der Waals surface area contributed by atoms with Crippen molar-refractivity contribution >= 4 is 0 Å². The van der Waals surface area contributed by atoms with Gasteiger partial charge in [-0.2, -0.15) is 0 Å². The Morgan fingerprint density at radius 3 is 2.55 bits per heavy atom. The lowest BCUT2D eigenvalue weighted by atomic mass is 10.5. The second kappa shape index (κ2) is 2.54. The zero-order valence-electron chi connectivity index (χ0n) is 5.96. The highest BCUT2D eigenvalue weighted by atomic mass is 15.4. The molecule has 2 heterocycles. The minimum absolute atomic E-state index is 1.75. The molecule has 0 bridgehead atoms. The average molecular weight is 146 g/mol. The lowest BCUT2D eigenvalue weighted by Gasteiger charge is -1.90. The maximum atomic E-state index is 3.94. The van der Waals surface area contributed by atoms with Gasteiger partial charge in [0.05, 0.1) is 12.4 Å². The van der Waals surface area contributed by atoms with Crippen LogP contribution in [-0.2, 0) is 0 Å². The van der Waals surface area contributed by atoms with Crippen LogP contribution in [0.5, 0.6) is 0 Å². The Hall–Kier alpha value is -1.64. The van der Waals surface area contributed by atoms with Gasteiger partial charge >= 0.3 is 0 Å². The SMILES string of the molecule is c1cc[n+](-n2ccnc2)cc1. The molecule has 2 aromatic rings. The molecule has 0 spiro atoms. The van der Waals surface area contributed by atoms with Crippen molar-refractivity contribution in [3.05, 3.63) is 49.3 Å². The fourth-order valence-corrected chi connectivity index (χ4v) is 0.932. The van der Waals surface area contributed by atoms with E-state index in [0.29, 0.717) is 0 Å². The third-order valence-corrected chi connectivity index (χ3v) is 1.46. The van der Waals surface area contributed by atoms with Crippen LogP contribution in [0.3, 0.4) is 0 Å². The van der Waals surface area contributed by atoms with Crippen LogP contribution in [0.2, 0.25) is 0 Å². The van der Waals surface area contributed by atoms with E-state index in [-0.39, 0.29) is 0 Å². The maximum absolute atomic E-state index is 3.94. The highest BCUT2D eigenvalue weighted by molar-refractivity contribution is 4.84. The summed E-state index contributed by atoms with van der Waals surface area (Å²) in [5.41, 5.74) is 0. The Balaban J connectivity index is 2.46. The molecule has 0 aliphatic carbocycles. The van der Waals surface area contributed by atoms with E-state index in [4.69, 9.17) is 0 Å². The Morgan fingerprint density at radius 2 is 1.91 bits per heavy atom. The van der Waals surface area contributed by atoms with Gasteiger partial charge in [-0.1, -0.05) is 10.7 Å². The molecule has 0 aliphatic rings. The van der Waals surface area contributed by atoms with E-state index < -0.39 is 0 Å². The number of nitrogens with zero attached hydrogens (tertiary/aromatic N) is 3. The topological polar surface area (TPSA) is 21.7 Å². The van der Waals surface area contributed by atoms with Gasteiger partial charge in [0.15, 0.2) is 6.33 Å². The highest BCUT2D eigenvalue weighted by Crippen LogP contribution is 1.80. The molecule has 2 aromatic heterocycles. The molecule has 0 atom stereocenters. The Morgan fingerprint density at radius 1 is 1.09 bits per heavy atom. The number of hydrogen-bond donors (Lipinski definition) is 0. The van der Waals surface area contributed by atoms with Gasteiger partial charge in [0, 0.05) is 12.1 Å². The van der Waals surface area contributed by atoms with Crippen molar-refractivity contribution < 1.29 is 4.68 Å². The second-order valence-electron chi connectivity index (χ2n) is 2.20. The molecule has 0 saturated carbocycles.